The van der Waals surface area contributed by atoms with Crippen LogP contribution < -0.4 is 15.8 Å². The topological polar surface area (TPSA) is 70.5 Å². The van der Waals surface area contributed by atoms with E-state index < -0.39 is 0 Å². The molecule has 0 unspecified atom stereocenters. The summed E-state index contributed by atoms with van der Waals surface area (Å²) in [6.45, 7) is 5.78. The molecule has 1 N–H and O–H groups in total. The number of aromatic nitrogens is 2. The first-order valence-electron chi connectivity index (χ1n) is 13.0. The normalized spacial score (nSPS) is 17.5. The van der Waals surface area contributed by atoms with E-state index in [-0.39, 0.29) is 17.4 Å². The van der Waals surface area contributed by atoms with Gasteiger partial charge in [0, 0.05) is 32.1 Å². The van der Waals surface area contributed by atoms with E-state index in [0.717, 1.165) is 55.6 Å². The smallest absolute Gasteiger partial charge is 0.294 e. The monoisotopic (exact) mass is 473 g/mol. The van der Waals surface area contributed by atoms with Crippen molar-refractivity contribution in [2.75, 3.05) is 44.2 Å². The number of para-hydroxylation sites is 2. The highest BCUT2D eigenvalue weighted by Crippen LogP contribution is 2.22. The molecule has 0 aliphatic carbocycles. The van der Waals surface area contributed by atoms with Gasteiger partial charge < -0.3 is 15.1 Å². The molecule has 2 fully saturated rings. The van der Waals surface area contributed by atoms with Gasteiger partial charge in [-0.3, -0.25) is 14.2 Å². The predicted molar refractivity (Wildman–Crippen MR) is 140 cm³/mol. The molecule has 2 aromatic carbocycles. The molecule has 5 rings (SSSR count). The number of rotatable bonds is 7. The van der Waals surface area contributed by atoms with Crippen LogP contribution in [-0.2, 0) is 11.3 Å². The summed E-state index contributed by atoms with van der Waals surface area (Å²) in [5.41, 5.74) is 2.66. The van der Waals surface area contributed by atoms with E-state index >= 15 is 0 Å². The van der Waals surface area contributed by atoms with Crippen molar-refractivity contribution in [1.29, 1.82) is 0 Å². The number of hydrogen-bond acceptors (Lipinski definition) is 5. The van der Waals surface area contributed by atoms with Gasteiger partial charge in [-0.15, -0.1) is 0 Å². The maximum Gasteiger partial charge on any atom is 0.294 e. The lowest BCUT2D eigenvalue weighted by Crippen LogP contribution is -2.45. The van der Waals surface area contributed by atoms with Crippen molar-refractivity contribution < 1.29 is 4.79 Å². The van der Waals surface area contributed by atoms with Crippen LogP contribution in [0.1, 0.15) is 37.7 Å². The Kier molecular flexibility index (Phi) is 7.42. The highest BCUT2D eigenvalue weighted by Gasteiger charge is 2.27. The first-order chi connectivity index (χ1) is 17.2. The van der Waals surface area contributed by atoms with Gasteiger partial charge in [0.15, 0.2) is 5.82 Å². The van der Waals surface area contributed by atoms with Gasteiger partial charge >= 0.3 is 0 Å². The van der Waals surface area contributed by atoms with Gasteiger partial charge in [-0.25, -0.2) is 4.98 Å². The predicted octanol–water partition coefficient (Wildman–Crippen LogP) is 3.26. The van der Waals surface area contributed by atoms with E-state index in [1.807, 2.05) is 59.2 Å². The van der Waals surface area contributed by atoms with Gasteiger partial charge in [0.25, 0.3) is 5.56 Å². The van der Waals surface area contributed by atoms with E-state index in [1.165, 1.54) is 19.3 Å². The van der Waals surface area contributed by atoms with Crippen LogP contribution in [0.5, 0.6) is 0 Å². The van der Waals surface area contributed by atoms with Crippen LogP contribution in [0, 0.1) is 5.92 Å². The Balaban J connectivity index is 1.25. The van der Waals surface area contributed by atoms with Crippen molar-refractivity contribution in [3.8, 4) is 0 Å². The molecule has 0 saturated carbocycles. The second-order valence-corrected chi connectivity index (χ2v) is 9.76. The Bertz CT molecular complexity index is 1190. The Labute approximate surface area is 206 Å². The molecule has 0 bridgehead atoms. The summed E-state index contributed by atoms with van der Waals surface area (Å²) in [5, 5.41) is 3.15. The Morgan fingerprint density at radius 3 is 2.40 bits per heavy atom. The van der Waals surface area contributed by atoms with Crippen molar-refractivity contribution >= 4 is 22.8 Å². The summed E-state index contributed by atoms with van der Waals surface area (Å²) >= 11 is 0. The van der Waals surface area contributed by atoms with Crippen LogP contribution in [0.3, 0.4) is 0 Å². The third kappa shape index (κ3) is 5.56. The quantitative estimate of drug-likeness (QED) is 0.570. The third-order valence-corrected chi connectivity index (χ3v) is 7.36. The lowest BCUT2D eigenvalue weighted by atomic mass is 9.96. The minimum atomic E-state index is -0.0722. The Hall–Kier alpha value is -3.19. The van der Waals surface area contributed by atoms with Gasteiger partial charge in [-0.1, -0.05) is 48.9 Å². The molecule has 7 heteroatoms. The molecule has 3 heterocycles. The summed E-state index contributed by atoms with van der Waals surface area (Å²) in [4.78, 5) is 35.6. The number of nitrogens with zero attached hydrogens (tertiary/aromatic N) is 4. The third-order valence-electron chi connectivity index (χ3n) is 7.36. The van der Waals surface area contributed by atoms with Gasteiger partial charge in [-0.05, 0) is 56.5 Å². The number of fused-ring (bicyclic) bond motifs is 1. The van der Waals surface area contributed by atoms with E-state index in [9.17, 15) is 9.59 Å². The lowest BCUT2D eigenvalue weighted by molar-refractivity contribution is -0.125. The number of benzene rings is 2. The number of nitrogens with one attached hydrogen (secondary N) is 1. The number of likely N-dealkylation sites (tertiary alicyclic amines) is 1. The molecule has 0 atom stereocenters. The fourth-order valence-corrected chi connectivity index (χ4v) is 5.33. The fourth-order valence-electron chi connectivity index (χ4n) is 5.33. The molecule has 1 amide bonds. The average molecular weight is 474 g/mol. The first kappa shape index (κ1) is 23.5. The van der Waals surface area contributed by atoms with E-state index in [2.05, 4.69) is 15.1 Å². The minimum Gasteiger partial charge on any atom is -0.355 e. The van der Waals surface area contributed by atoms with Gasteiger partial charge in [0.2, 0.25) is 5.91 Å². The molecule has 2 aliphatic rings. The number of carbonyl (C=O) groups is 1. The van der Waals surface area contributed by atoms with Gasteiger partial charge in [-0.2, -0.15) is 0 Å². The van der Waals surface area contributed by atoms with Crippen molar-refractivity contribution in [2.24, 2.45) is 5.92 Å². The van der Waals surface area contributed by atoms with Gasteiger partial charge in [0.1, 0.15) is 0 Å². The zero-order chi connectivity index (χ0) is 24.0. The number of hydrogen-bond donors (Lipinski definition) is 1. The molecule has 184 valence electrons. The number of piperidine rings is 2. The molecule has 1 aromatic heterocycles. The summed E-state index contributed by atoms with van der Waals surface area (Å²) in [5.74, 6) is 0.637. The van der Waals surface area contributed by atoms with Crippen LogP contribution >= 0.6 is 0 Å². The second kappa shape index (κ2) is 11.0. The first-order valence-corrected chi connectivity index (χ1v) is 13.0. The summed E-state index contributed by atoms with van der Waals surface area (Å²) < 4.78 is 1.83. The largest absolute Gasteiger partial charge is 0.355 e. The summed E-state index contributed by atoms with van der Waals surface area (Å²) in [7, 11) is 0. The molecule has 7 nitrogen and oxygen atoms in total. The van der Waals surface area contributed by atoms with Crippen LogP contribution in [0.4, 0.5) is 5.82 Å². The zero-order valence-corrected chi connectivity index (χ0v) is 20.4. The molecular formula is C28H35N5O2. The maximum absolute atomic E-state index is 13.6. The van der Waals surface area contributed by atoms with Crippen molar-refractivity contribution in [3.63, 3.8) is 0 Å². The number of amides is 1. The van der Waals surface area contributed by atoms with Crippen LogP contribution in [0.15, 0.2) is 59.4 Å². The van der Waals surface area contributed by atoms with E-state index in [4.69, 9.17) is 4.98 Å². The molecule has 0 spiro atoms. The zero-order valence-electron chi connectivity index (χ0n) is 20.4. The Morgan fingerprint density at radius 1 is 0.914 bits per heavy atom. The lowest BCUT2D eigenvalue weighted by Gasteiger charge is -2.32. The molecule has 35 heavy (non-hydrogen) atoms. The van der Waals surface area contributed by atoms with Crippen LogP contribution in [-0.4, -0.2) is 59.6 Å². The van der Waals surface area contributed by atoms with Gasteiger partial charge in [0.05, 0.1) is 17.6 Å². The van der Waals surface area contributed by atoms with Crippen molar-refractivity contribution in [1.82, 2.24) is 19.8 Å². The molecule has 0 radical (unpaired) electrons. The minimum absolute atomic E-state index is 0.000364. The fraction of sp³-hybridized carbons (Fsp3) is 0.464. The standard InChI is InChI=1S/C28H35N5O2/c34-27(29-15-20-31-16-7-2-8-17-31)23-13-18-32(19-14-23)26-28(35)33(21-22-9-3-1-4-10-22)25-12-6-5-11-24(25)30-26/h1,3-6,9-12,23H,2,7-8,13-21H2,(H,29,34). The molecule has 2 saturated heterocycles. The summed E-state index contributed by atoms with van der Waals surface area (Å²) in [6.07, 6.45) is 5.33. The molecule has 2 aliphatic heterocycles. The average Bonchev–Trinajstić information content (AvgIpc) is 2.91. The second-order valence-electron chi connectivity index (χ2n) is 9.76. The highest BCUT2D eigenvalue weighted by molar-refractivity contribution is 5.79. The van der Waals surface area contributed by atoms with Crippen molar-refractivity contribution in [2.45, 2.75) is 38.6 Å². The maximum atomic E-state index is 13.6. The SMILES string of the molecule is O=C(NCCN1CCCCC1)C1CCN(c2nc3ccccc3n(Cc3ccccc3)c2=O)CC1. The molecule has 3 aromatic rings. The number of carbonyl (C=O) groups excluding carboxylic acids is 1. The van der Waals surface area contributed by atoms with Crippen molar-refractivity contribution in [3.05, 3.63) is 70.5 Å². The number of anilines is 1. The van der Waals surface area contributed by atoms with Crippen LogP contribution in [0.25, 0.3) is 11.0 Å². The highest BCUT2D eigenvalue weighted by atomic mass is 16.2. The van der Waals surface area contributed by atoms with E-state index in [1.54, 1.807) is 0 Å². The summed E-state index contributed by atoms with van der Waals surface area (Å²) in [6, 6.07) is 17.9. The molecular weight excluding hydrogens is 438 g/mol. The van der Waals surface area contributed by atoms with Crippen LogP contribution in [0.2, 0.25) is 0 Å². The van der Waals surface area contributed by atoms with E-state index in [0.29, 0.717) is 25.5 Å². The Morgan fingerprint density at radius 2 is 1.63 bits per heavy atom.